The first-order chi connectivity index (χ1) is 12.0. The average molecular weight is 370 g/mol. The van der Waals surface area contributed by atoms with Gasteiger partial charge in [-0.1, -0.05) is 11.6 Å². The molecule has 25 heavy (non-hydrogen) atoms. The van der Waals surface area contributed by atoms with Crippen LogP contribution in [0.4, 0.5) is 4.79 Å². The second kappa shape index (κ2) is 8.70. The van der Waals surface area contributed by atoms with Crippen molar-refractivity contribution in [3.8, 4) is 11.6 Å². The Morgan fingerprint density at radius 2 is 2.00 bits per heavy atom. The fourth-order valence-corrected chi connectivity index (χ4v) is 2.21. The fourth-order valence-electron chi connectivity index (χ4n) is 2.09. The number of ether oxygens (including phenoxy) is 2. The lowest BCUT2D eigenvalue weighted by Crippen LogP contribution is -2.46. The summed E-state index contributed by atoms with van der Waals surface area (Å²) in [5.41, 5.74) is 0.824. The Labute approximate surface area is 150 Å². The number of carbonyl (C=O) groups excluding carboxylic acids is 1. The molecule has 136 valence electrons. The predicted octanol–water partition coefficient (Wildman–Crippen LogP) is 2.28. The van der Waals surface area contributed by atoms with E-state index in [0.29, 0.717) is 10.9 Å². The lowest BCUT2D eigenvalue weighted by Gasteiger charge is -2.28. The van der Waals surface area contributed by atoms with Gasteiger partial charge >= 0.3 is 6.09 Å². The zero-order valence-corrected chi connectivity index (χ0v) is 14.9. The van der Waals surface area contributed by atoms with Crippen molar-refractivity contribution in [3.63, 3.8) is 0 Å². The van der Waals surface area contributed by atoms with E-state index in [4.69, 9.17) is 21.2 Å². The second-order valence-electron chi connectivity index (χ2n) is 5.17. The third-order valence-corrected chi connectivity index (χ3v) is 3.79. The number of aliphatic hydroxyl groups excluding tert-OH is 1. The molecule has 0 aliphatic heterocycles. The highest BCUT2D eigenvalue weighted by molar-refractivity contribution is 6.30. The third-order valence-electron chi connectivity index (χ3n) is 3.54. The summed E-state index contributed by atoms with van der Waals surface area (Å²) in [4.78, 5) is 16.5. The van der Waals surface area contributed by atoms with Gasteiger partial charge in [0.1, 0.15) is 12.7 Å². The fraction of sp³-hybridized carbons (Fsp3) is 0.375. The number of methoxy groups -OCH3 is 1. The monoisotopic (exact) mass is 369 g/mol. The van der Waals surface area contributed by atoms with Crippen molar-refractivity contribution in [2.45, 2.75) is 19.1 Å². The molecule has 2 rings (SSSR count). The van der Waals surface area contributed by atoms with Crippen molar-refractivity contribution in [2.24, 2.45) is 0 Å². The van der Waals surface area contributed by atoms with Crippen LogP contribution in [-0.2, 0) is 9.57 Å². The molecular formula is C16H20ClN3O5. The van der Waals surface area contributed by atoms with Gasteiger partial charge in [0.15, 0.2) is 0 Å². The van der Waals surface area contributed by atoms with Crippen molar-refractivity contribution < 1.29 is 24.2 Å². The number of hydroxylamine groups is 2. The normalized spacial score (nSPS) is 13.2. The summed E-state index contributed by atoms with van der Waals surface area (Å²) in [5.74, 6) is 0.336. The quantitative estimate of drug-likeness (QED) is 0.753. The summed E-state index contributed by atoms with van der Waals surface area (Å²) in [6.07, 6.45) is 0.0189. The van der Waals surface area contributed by atoms with Crippen molar-refractivity contribution in [2.75, 3.05) is 20.8 Å². The molecule has 0 fully saturated rings. The Morgan fingerprint density at radius 1 is 1.32 bits per heavy atom. The maximum absolute atomic E-state index is 11.5. The standard InChI is InChI=1S/C16H20ClN3O5/c1-11(20(24-3)16(22)23-2)14(21)10-25-15-8-9-19(18-15)13-6-4-12(17)5-7-13/h4-9,11,14,21H,10H2,1-3H3/t11-,14-/m1/s1. The van der Waals surface area contributed by atoms with E-state index in [-0.39, 0.29) is 6.61 Å². The summed E-state index contributed by atoms with van der Waals surface area (Å²) >= 11 is 5.86. The van der Waals surface area contributed by atoms with Crippen LogP contribution >= 0.6 is 11.6 Å². The number of nitrogens with zero attached hydrogens (tertiary/aromatic N) is 3. The molecule has 0 unspecified atom stereocenters. The molecule has 8 nitrogen and oxygen atoms in total. The highest BCUT2D eigenvalue weighted by atomic mass is 35.5. The molecule has 0 saturated heterocycles. The van der Waals surface area contributed by atoms with Crippen LogP contribution < -0.4 is 4.74 Å². The summed E-state index contributed by atoms with van der Waals surface area (Å²) in [5, 5.41) is 16.0. The molecule has 0 aliphatic rings. The van der Waals surface area contributed by atoms with E-state index in [0.717, 1.165) is 10.8 Å². The number of aromatic nitrogens is 2. The van der Waals surface area contributed by atoms with E-state index in [1.165, 1.54) is 14.2 Å². The first-order valence-corrected chi connectivity index (χ1v) is 7.87. The molecule has 1 heterocycles. The first kappa shape index (κ1) is 19.0. The lowest BCUT2D eigenvalue weighted by molar-refractivity contribution is -0.156. The van der Waals surface area contributed by atoms with Gasteiger partial charge in [0.2, 0.25) is 5.88 Å². The Balaban J connectivity index is 1.94. The molecule has 2 aromatic rings. The van der Waals surface area contributed by atoms with Gasteiger partial charge in [-0.25, -0.2) is 9.48 Å². The Morgan fingerprint density at radius 3 is 2.60 bits per heavy atom. The van der Waals surface area contributed by atoms with E-state index in [2.05, 4.69) is 9.84 Å². The SMILES string of the molecule is COC(=O)N(OC)[C@H](C)[C@H](O)COc1ccn(-c2ccc(Cl)cc2)n1. The minimum atomic E-state index is -1.00. The molecule has 1 aromatic carbocycles. The van der Waals surface area contributed by atoms with Crippen molar-refractivity contribution in [1.82, 2.24) is 14.8 Å². The van der Waals surface area contributed by atoms with Crippen LogP contribution in [0, 0.1) is 0 Å². The number of amides is 1. The average Bonchev–Trinajstić information content (AvgIpc) is 3.09. The molecule has 2 atom stereocenters. The van der Waals surface area contributed by atoms with Gasteiger partial charge in [-0.2, -0.15) is 5.06 Å². The van der Waals surface area contributed by atoms with Crippen LogP contribution in [0.5, 0.6) is 5.88 Å². The van der Waals surface area contributed by atoms with Crippen molar-refractivity contribution in [3.05, 3.63) is 41.6 Å². The zero-order chi connectivity index (χ0) is 18.4. The predicted molar refractivity (Wildman–Crippen MR) is 90.8 cm³/mol. The Bertz CT molecular complexity index is 691. The number of carbonyl (C=O) groups is 1. The van der Waals surface area contributed by atoms with Gasteiger partial charge in [-0.05, 0) is 31.2 Å². The first-order valence-electron chi connectivity index (χ1n) is 7.50. The van der Waals surface area contributed by atoms with Gasteiger partial charge in [-0.3, -0.25) is 4.84 Å². The van der Waals surface area contributed by atoms with E-state index in [1.54, 1.807) is 36.0 Å². The van der Waals surface area contributed by atoms with Gasteiger partial charge in [0, 0.05) is 17.3 Å². The van der Waals surface area contributed by atoms with Gasteiger partial charge in [0.25, 0.3) is 0 Å². The molecule has 1 N–H and O–H groups in total. The lowest BCUT2D eigenvalue weighted by atomic mass is 10.2. The van der Waals surface area contributed by atoms with Gasteiger partial charge in [-0.15, -0.1) is 5.10 Å². The topological polar surface area (TPSA) is 86.0 Å². The largest absolute Gasteiger partial charge is 0.474 e. The second-order valence-corrected chi connectivity index (χ2v) is 5.61. The number of aliphatic hydroxyl groups is 1. The molecule has 1 amide bonds. The molecular weight excluding hydrogens is 350 g/mol. The van der Waals surface area contributed by atoms with Gasteiger partial charge in [0.05, 0.1) is 25.9 Å². The number of hydrogen-bond donors (Lipinski definition) is 1. The number of hydrogen-bond acceptors (Lipinski definition) is 6. The molecule has 0 saturated carbocycles. The maximum atomic E-state index is 11.5. The summed E-state index contributed by atoms with van der Waals surface area (Å²) in [7, 11) is 2.54. The van der Waals surface area contributed by atoms with Crippen LogP contribution in [0.2, 0.25) is 5.02 Å². The Kier molecular flexibility index (Phi) is 6.63. The zero-order valence-electron chi connectivity index (χ0n) is 14.1. The molecule has 0 aliphatic carbocycles. The molecule has 1 aromatic heterocycles. The number of halogens is 1. The van der Waals surface area contributed by atoms with E-state index < -0.39 is 18.2 Å². The number of benzene rings is 1. The van der Waals surface area contributed by atoms with E-state index in [1.807, 2.05) is 12.1 Å². The molecule has 0 radical (unpaired) electrons. The minimum absolute atomic E-state index is 0.0738. The molecule has 9 heteroatoms. The van der Waals surface area contributed by atoms with E-state index in [9.17, 15) is 9.90 Å². The maximum Gasteiger partial charge on any atom is 0.433 e. The van der Waals surface area contributed by atoms with E-state index >= 15 is 0 Å². The van der Waals surface area contributed by atoms with Crippen LogP contribution in [0.3, 0.4) is 0 Å². The van der Waals surface area contributed by atoms with Gasteiger partial charge < -0.3 is 14.6 Å². The number of rotatable bonds is 7. The Hall–Kier alpha value is -2.29. The molecule has 0 bridgehead atoms. The summed E-state index contributed by atoms with van der Waals surface area (Å²) < 4.78 is 11.7. The minimum Gasteiger partial charge on any atom is -0.474 e. The van der Waals surface area contributed by atoms with Crippen LogP contribution in [0.15, 0.2) is 36.5 Å². The summed E-state index contributed by atoms with van der Waals surface area (Å²) in [6, 6.07) is 8.16. The summed E-state index contributed by atoms with van der Waals surface area (Å²) in [6.45, 7) is 1.54. The smallest absolute Gasteiger partial charge is 0.433 e. The third kappa shape index (κ3) is 4.85. The van der Waals surface area contributed by atoms with Crippen molar-refractivity contribution in [1.29, 1.82) is 0 Å². The van der Waals surface area contributed by atoms with Crippen molar-refractivity contribution >= 4 is 17.7 Å². The van der Waals surface area contributed by atoms with Crippen LogP contribution in [0.1, 0.15) is 6.92 Å². The van der Waals surface area contributed by atoms with Crippen LogP contribution in [0.25, 0.3) is 5.69 Å². The highest BCUT2D eigenvalue weighted by Crippen LogP contribution is 2.16. The highest BCUT2D eigenvalue weighted by Gasteiger charge is 2.28. The van der Waals surface area contributed by atoms with Crippen LogP contribution in [-0.4, -0.2) is 59.0 Å². The molecule has 0 spiro atoms.